The highest BCUT2D eigenvalue weighted by Crippen LogP contribution is 2.48. The molecule has 2 N–H and O–H groups in total. The quantitative estimate of drug-likeness (QED) is 0.860. The molecule has 0 aromatic heterocycles. The fourth-order valence-electron chi connectivity index (χ4n) is 4.73. The van der Waals surface area contributed by atoms with Crippen molar-refractivity contribution < 1.29 is 4.74 Å². The van der Waals surface area contributed by atoms with Gasteiger partial charge in [-0.15, -0.1) is 0 Å². The van der Waals surface area contributed by atoms with E-state index >= 15 is 0 Å². The minimum absolute atomic E-state index is 0.0347. The van der Waals surface area contributed by atoms with Gasteiger partial charge in [-0.2, -0.15) is 0 Å². The van der Waals surface area contributed by atoms with E-state index in [2.05, 4.69) is 11.8 Å². The third-order valence-corrected chi connectivity index (χ3v) is 6.35. The first-order chi connectivity index (χ1) is 9.61. The molecule has 0 spiro atoms. The molecule has 3 unspecified atom stereocenters. The maximum atomic E-state index is 6.30. The third-order valence-electron chi connectivity index (χ3n) is 6.35. The van der Waals surface area contributed by atoms with E-state index in [-0.39, 0.29) is 11.1 Å². The van der Waals surface area contributed by atoms with Crippen molar-refractivity contribution in [1.29, 1.82) is 0 Å². The summed E-state index contributed by atoms with van der Waals surface area (Å²) in [6.45, 7) is 5.38. The van der Waals surface area contributed by atoms with E-state index in [0.29, 0.717) is 0 Å². The van der Waals surface area contributed by atoms with Gasteiger partial charge < -0.3 is 10.5 Å². The van der Waals surface area contributed by atoms with Crippen molar-refractivity contribution in [3.8, 4) is 0 Å². The number of hydrogen-bond donors (Lipinski definition) is 1. The van der Waals surface area contributed by atoms with E-state index in [0.717, 1.165) is 24.9 Å². The molecule has 1 aliphatic heterocycles. The Labute approximate surface area is 124 Å². The summed E-state index contributed by atoms with van der Waals surface area (Å²) in [7, 11) is 1.87. The average Bonchev–Trinajstić information content (AvgIpc) is 3.32. The predicted molar refractivity (Wildman–Crippen MR) is 82.7 cm³/mol. The minimum atomic E-state index is 0.0347. The molecule has 0 radical (unpaired) electrons. The Morgan fingerprint density at radius 3 is 2.60 bits per heavy atom. The van der Waals surface area contributed by atoms with Gasteiger partial charge in [0.25, 0.3) is 0 Å². The van der Waals surface area contributed by atoms with Gasteiger partial charge >= 0.3 is 0 Å². The summed E-state index contributed by atoms with van der Waals surface area (Å²) >= 11 is 0. The highest BCUT2D eigenvalue weighted by atomic mass is 16.5. The number of nitrogens with zero attached hydrogens (tertiary/aromatic N) is 1. The van der Waals surface area contributed by atoms with E-state index < -0.39 is 0 Å². The lowest BCUT2D eigenvalue weighted by atomic mass is 9.71. The fourth-order valence-corrected chi connectivity index (χ4v) is 4.73. The summed E-state index contributed by atoms with van der Waals surface area (Å²) < 4.78 is 5.79. The summed E-state index contributed by atoms with van der Waals surface area (Å²) in [5, 5.41) is 0. The van der Waals surface area contributed by atoms with Gasteiger partial charge in [0.05, 0.1) is 5.60 Å². The number of hydrogen-bond acceptors (Lipinski definition) is 3. The maximum Gasteiger partial charge on any atom is 0.0777 e. The van der Waals surface area contributed by atoms with Crippen LogP contribution in [0.25, 0.3) is 0 Å². The van der Waals surface area contributed by atoms with Gasteiger partial charge in [-0.05, 0) is 63.8 Å². The van der Waals surface area contributed by atoms with Crippen molar-refractivity contribution in [3.63, 3.8) is 0 Å². The van der Waals surface area contributed by atoms with E-state index in [1.165, 1.54) is 57.9 Å². The molecule has 3 aliphatic rings. The van der Waals surface area contributed by atoms with Crippen LogP contribution in [0.1, 0.15) is 58.3 Å². The van der Waals surface area contributed by atoms with Crippen LogP contribution in [0.3, 0.4) is 0 Å². The highest BCUT2D eigenvalue weighted by Gasteiger charge is 2.47. The molecule has 0 aromatic carbocycles. The number of nitrogens with two attached hydrogens (primary N) is 1. The van der Waals surface area contributed by atoms with Crippen LogP contribution >= 0.6 is 0 Å². The van der Waals surface area contributed by atoms with Crippen LogP contribution in [0, 0.1) is 11.8 Å². The van der Waals surface area contributed by atoms with Crippen LogP contribution in [0.4, 0.5) is 0 Å². The smallest absolute Gasteiger partial charge is 0.0777 e. The molecule has 20 heavy (non-hydrogen) atoms. The fraction of sp³-hybridized carbons (Fsp3) is 1.00. The van der Waals surface area contributed by atoms with Gasteiger partial charge in [0.15, 0.2) is 0 Å². The Morgan fingerprint density at radius 2 is 1.95 bits per heavy atom. The molecule has 2 aliphatic carbocycles. The lowest BCUT2D eigenvalue weighted by Gasteiger charge is -2.53. The molecule has 0 aromatic rings. The monoisotopic (exact) mass is 280 g/mol. The molecule has 3 heteroatoms. The zero-order valence-electron chi connectivity index (χ0n) is 13.4. The van der Waals surface area contributed by atoms with Crippen molar-refractivity contribution in [1.82, 2.24) is 4.90 Å². The number of rotatable bonds is 4. The Balaban J connectivity index is 1.73. The Morgan fingerprint density at radius 1 is 1.15 bits per heavy atom. The van der Waals surface area contributed by atoms with Crippen LogP contribution in [0.2, 0.25) is 0 Å². The van der Waals surface area contributed by atoms with Crippen LogP contribution in [0.5, 0.6) is 0 Å². The molecule has 3 nitrogen and oxygen atoms in total. The number of ether oxygens (including phenoxy) is 1. The van der Waals surface area contributed by atoms with Crippen molar-refractivity contribution in [2.75, 3.05) is 26.7 Å². The second-order valence-electron chi connectivity index (χ2n) is 7.80. The van der Waals surface area contributed by atoms with Crippen LogP contribution in [0.15, 0.2) is 0 Å². The van der Waals surface area contributed by atoms with Gasteiger partial charge in [-0.1, -0.05) is 12.8 Å². The summed E-state index contributed by atoms with van der Waals surface area (Å²) in [5.74, 6) is 1.97. The topological polar surface area (TPSA) is 38.5 Å². The molecule has 3 rings (SSSR count). The van der Waals surface area contributed by atoms with Crippen LogP contribution < -0.4 is 5.73 Å². The van der Waals surface area contributed by atoms with Gasteiger partial charge in [0.2, 0.25) is 0 Å². The Hall–Kier alpha value is -0.120. The lowest BCUT2D eigenvalue weighted by molar-refractivity contribution is -0.0920. The molecule has 1 saturated heterocycles. The number of methoxy groups -OCH3 is 1. The van der Waals surface area contributed by atoms with Crippen molar-refractivity contribution in [3.05, 3.63) is 0 Å². The molecule has 3 atom stereocenters. The third kappa shape index (κ3) is 2.77. The van der Waals surface area contributed by atoms with Gasteiger partial charge in [0.1, 0.15) is 0 Å². The zero-order valence-corrected chi connectivity index (χ0v) is 13.4. The second kappa shape index (κ2) is 5.58. The zero-order chi connectivity index (χ0) is 14.2. The summed E-state index contributed by atoms with van der Waals surface area (Å²) in [6.07, 6.45) is 10.8. The number of piperidine rings is 1. The first-order valence-corrected chi connectivity index (χ1v) is 8.61. The molecule has 116 valence electrons. The molecule has 3 fully saturated rings. The van der Waals surface area contributed by atoms with Crippen LogP contribution in [-0.2, 0) is 4.74 Å². The molecular weight excluding hydrogens is 248 g/mol. The summed E-state index contributed by atoms with van der Waals surface area (Å²) in [4.78, 5) is 2.70. The Bertz CT molecular complexity index is 344. The molecule has 1 heterocycles. The molecular formula is C17H32N2O. The molecule has 2 saturated carbocycles. The first-order valence-electron chi connectivity index (χ1n) is 8.61. The van der Waals surface area contributed by atoms with E-state index in [1.54, 1.807) is 0 Å². The number of likely N-dealkylation sites (tertiary alicyclic amines) is 1. The van der Waals surface area contributed by atoms with E-state index in [1.807, 2.05) is 7.11 Å². The predicted octanol–water partition coefficient (Wildman–Crippen LogP) is 2.79. The Kier molecular flexibility index (Phi) is 4.13. The maximum absolute atomic E-state index is 6.30. The first kappa shape index (κ1) is 14.8. The van der Waals surface area contributed by atoms with Crippen LogP contribution in [-0.4, -0.2) is 42.8 Å². The molecule has 0 amide bonds. The van der Waals surface area contributed by atoms with Gasteiger partial charge in [-0.25, -0.2) is 0 Å². The lowest BCUT2D eigenvalue weighted by Crippen LogP contribution is -2.62. The van der Waals surface area contributed by atoms with Gasteiger partial charge in [0, 0.05) is 25.7 Å². The summed E-state index contributed by atoms with van der Waals surface area (Å²) in [5.41, 5.74) is 6.60. The van der Waals surface area contributed by atoms with E-state index in [9.17, 15) is 0 Å². The van der Waals surface area contributed by atoms with Crippen molar-refractivity contribution >= 4 is 0 Å². The molecule has 0 bridgehead atoms. The second-order valence-corrected chi connectivity index (χ2v) is 7.80. The SMILES string of the molecule is COC1(C)CCCN(C2(CN)CCCC(C3CC3)C2)C1. The average molecular weight is 280 g/mol. The minimum Gasteiger partial charge on any atom is -0.377 e. The van der Waals surface area contributed by atoms with Gasteiger partial charge in [-0.3, -0.25) is 4.90 Å². The van der Waals surface area contributed by atoms with Crippen molar-refractivity contribution in [2.24, 2.45) is 17.6 Å². The standard InChI is InChI=1S/C17H32N2O/c1-16(20-2)8-4-10-19(13-16)17(12-18)9-3-5-15(11-17)14-6-7-14/h14-15H,3-13,18H2,1-2H3. The van der Waals surface area contributed by atoms with Crippen molar-refractivity contribution in [2.45, 2.75) is 69.4 Å². The normalized spacial score (nSPS) is 43.6. The highest BCUT2D eigenvalue weighted by molar-refractivity contribution is 5.02. The summed E-state index contributed by atoms with van der Waals surface area (Å²) in [6, 6.07) is 0. The van der Waals surface area contributed by atoms with E-state index in [4.69, 9.17) is 10.5 Å². The largest absolute Gasteiger partial charge is 0.377 e.